The van der Waals surface area contributed by atoms with Crippen molar-refractivity contribution in [2.24, 2.45) is 7.05 Å². The molecule has 0 fully saturated rings. The van der Waals surface area contributed by atoms with Crippen molar-refractivity contribution in [3.8, 4) is 0 Å². The molecular formula is C16H25N5O2. The van der Waals surface area contributed by atoms with Crippen molar-refractivity contribution >= 4 is 5.91 Å². The lowest BCUT2D eigenvalue weighted by Gasteiger charge is -2.15. The fourth-order valence-corrected chi connectivity index (χ4v) is 2.27. The van der Waals surface area contributed by atoms with Gasteiger partial charge in [0.2, 0.25) is 5.89 Å². The summed E-state index contributed by atoms with van der Waals surface area (Å²) in [5, 5.41) is 8.32. The Morgan fingerprint density at radius 3 is 2.74 bits per heavy atom. The van der Waals surface area contributed by atoms with E-state index in [0.717, 1.165) is 18.5 Å². The highest BCUT2D eigenvalue weighted by Crippen LogP contribution is 2.12. The average Bonchev–Trinajstić information content (AvgIpc) is 3.11. The van der Waals surface area contributed by atoms with E-state index in [1.165, 1.54) is 0 Å². The molecule has 0 aliphatic heterocycles. The Bertz CT molecular complexity index is 659. The van der Waals surface area contributed by atoms with Crippen molar-refractivity contribution in [1.29, 1.82) is 0 Å². The van der Waals surface area contributed by atoms with Crippen LogP contribution in [-0.2, 0) is 19.9 Å². The quantitative estimate of drug-likeness (QED) is 0.782. The van der Waals surface area contributed by atoms with Gasteiger partial charge >= 0.3 is 0 Å². The minimum absolute atomic E-state index is 0.0464. The second kappa shape index (κ2) is 7.39. The lowest BCUT2D eigenvalue weighted by Crippen LogP contribution is -2.30. The van der Waals surface area contributed by atoms with Crippen LogP contribution in [0.2, 0.25) is 0 Å². The third-order valence-electron chi connectivity index (χ3n) is 3.65. The van der Waals surface area contributed by atoms with E-state index in [0.29, 0.717) is 30.4 Å². The van der Waals surface area contributed by atoms with E-state index < -0.39 is 0 Å². The SMILES string of the molecule is CCCc1cc(C(=O)N(C)CCc2noc(C(C)C)n2)n(C)n1. The van der Waals surface area contributed by atoms with E-state index in [9.17, 15) is 4.79 Å². The molecule has 1 amide bonds. The van der Waals surface area contributed by atoms with Crippen LogP contribution in [-0.4, -0.2) is 44.3 Å². The van der Waals surface area contributed by atoms with Crippen molar-refractivity contribution in [2.45, 2.75) is 46.0 Å². The third-order valence-corrected chi connectivity index (χ3v) is 3.65. The molecule has 0 atom stereocenters. The van der Waals surface area contributed by atoms with Gasteiger partial charge in [-0.3, -0.25) is 9.48 Å². The van der Waals surface area contributed by atoms with Crippen LogP contribution in [0.1, 0.15) is 61.0 Å². The zero-order valence-corrected chi connectivity index (χ0v) is 14.5. The first kappa shape index (κ1) is 17.2. The van der Waals surface area contributed by atoms with Crippen LogP contribution >= 0.6 is 0 Å². The molecule has 23 heavy (non-hydrogen) atoms. The molecule has 2 aromatic rings. The molecule has 2 rings (SSSR count). The van der Waals surface area contributed by atoms with Crippen molar-refractivity contribution in [2.75, 3.05) is 13.6 Å². The van der Waals surface area contributed by atoms with Crippen molar-refractivity contribution in [1.82, 2.24) is 24.8 Å². The van der Waals surface area contributed by atoms with Gasteiger partial charge in [-0.25, -0.2) is 0 Å². The number of carbonyl (C=O) groups is 1. The molecule has 126 valence electrons. The number of aryl methyl sites for hydroxylation is 2. The number of likely N-dealkylation sites (N-methyl/N-ethyl adjacent to an activating group) is 1. The molecule has 0 radical (unpaired) electrons. The molecule has 2 aromatic heterocycles. The van der Waals surface area contributed by atoms with Crippen LogP contribution in [0.25, 0.3) is 0 Å². The zero-order valence-electron chi connectivity index (χ0n) is 14.5. The number of carbonyl (C=O) groups excluding carboxylic acids is 1. The highest BCUT2D eigenvalue weighted by Gasteiger charge is 2.18. The van der Waals surface area contributed by atoms with Crippen LogP contribution in [0.15, 0.2) is 10.6 Å². The predicted octanol–water partition coefficient (Wildman–Crippen LogP) is 2.19. The Hall–Kier alpha value is -2.18. The first-order chi connectivity index (χ1) is 10.9. The van der Waals surface area contributed by atoms with Gasteiger partial charge in [0.1, 0.15) is 5.69 Å². The van der Waals surface area contributed by atoms with E-state index in [-0.39, 0.29) is 11.8 Å². The molecule has 0 unspecified atom stereocenters. The Balaban J connectivity index is 1.96. The van der Waals surface area contributed by atoms with Gasteiger partial charge < -0.3 is 9.42 Å². The number of rotatable bonds is 7. The topological polar surface area (TPSA) is 77.0 Å². The number of hydrogen-bond acceptors (Lipinski definition) is 5. The largest absolute Gasteiger partial charge is 0.340 e. The highest BCUT2D eigenvalue weighted by atomic mass is 16.5. The Morgan fingerprint density at radius 1 is 1.39 bits per heavy atom. The minimum Gasteiger partial charge on any atom is -0.340 e. The highest BCUT2D eigenvalue weighted by molar-refractivity contribution is 5.92. The number of amides is 1. The molecule has 7 nitrogen and oxygen atoms in total. The summed E-state index contributed by atoms with van der Waals surface area (Å²) in [5.41, 5.74) is 1.55. The molecular weight excluding hydrogens is 294 g/mol. The van der Waals surface area contributed by atoms with E-state index in [1.807, 2.05) is 19.9 Å². The Kier molecular flexibility index (Phi) is 5.52. The maximum Gasteiger partial charge on any atom is 0.271 e. The van der Waals surface area contributed by atoms with E-state index >= 15 is 0 Å². The fourth-order valence-electron chi connectivity index (χ4n) is 2.27. The van der Waals surface area contributed by atoms with Gasteiger partial charge in [0.15, 0.2) is 5.82 Å². The zero-order chi connectivity index (χ0) is 17.0. The number of aromatic nitrogens is 4. The molecule has 0 spiro atoms. The summed E-state index contributed by atoms with van der Waals surface area (Å²) in [7, 11) is 3.58. The van der Waals surface area contributed by atoms with Crippen molar-refractivity contribution < 1.29 is 9.32 Å². The van der Waals surface area contributed by atoms with Gasteiger partial charge in [0.05, 0.1) is 5.69 Å². The molecule has 0 aromatic carbocycles. The summed E-state index contributed by atoms with van der Waals surface area (Å²) >= 11 is 0. The normalized spacial score (nSPS) is 11.2. The third kappa shape index (κ3) is 4.18. The molecule has 7 heteroatoms. The molecule has 0 aliphatic carbocycles. The molecule has 0 aliphatic rings. The van der Waals surface area contributed by atoms with Crippen LogP contribution in [0, 0.1) is 0 Å². The van der Waals surface area contributed by atoms with E-state index in [2.05, 4.69) is 22.2 Å². The minimum atomic E-state index is -0.0464. The maximum atomic E-state index is 12.5. The van der Waals surface area contributed by atoms with Crippen LogP contribution < -0.4 is 0 Å². The van der Waals surface area contributed by atoms with Gasteiger partial charge in [0.25, 0.3) is 5.91 Å². The van der Waals surface area contributed by atoms with Crippen LogP contribution in [0.4, 0.5) is 0 Å². The summed E-state index contributed by atoms with van der Waals surface area (Å²) in [6.07, 6.45) is 2.46. The maximum absolute atomic E-state index is 12.5. The lowest BCUT2D eigenvalue weighted by molar-refractivity contribution is 0.0785. The summed E-state index contributed by atoms with van der Waals surface area (Å²) in [4.78, 5) is 18.5. The fraction of sp³-hybridized carbons (Fsp3) is 0.625. The standard InChI is InChI=1S/C16H25N5O2/c1-6-7-12-10-13(21(5)18-12)16(22)20(4)9-8-14-17-15(11(2)3)23-19-14/h10-11H,6-9H2,1-5H3. The second-order valence-electron chi connectivity index (χ2n) is 6.07. The molecule has 0 saturated heterocycles. The van der Waals surface area contributed by atoms with Gasteiger partial charge in [-0.2, -0.15) is 10.1 Å². The van der Waals surface area contributed by atoms with Gasteiger partial charge in [-0.1, -0.05) is 32.3 Å². The monoisotopic (exact) mass is 319 g/mol. The Labute approximate surface area is 136 Å². The van der Waals surface area contributed by atoms with Crippen molar-refractivity contribution in [3.05, 3.63) is 29.2 Å². The lowest BCUT2D eigenvalue weighted by atomic mass is 10.2. The van der Waals surface area contributed by atoms with Gasteiger partial charge in [-0.15, -0.1) is 0 Å². The summed E-state index contributed by atoms with van der Waals surface area (Å²) in [5.74, 6) is 1.42. The summed E-state index contributed by atoms with van der Waals surface area (Å²) < 4.78 is 6.82. The summed E-state index contributed by atoms with van der Waals surface area (Å²) in [6, 6.07) is 1.87. The first-order valence-corrected chi connectivity index (χ1v) is 8.03. The number of nitrogens with zero attached hydrogens (tertiary/aromatic N) is 5. The van der Waals surface area contributed by atoms with E-state index in [1.54, 1.807) is 23.7 Å². The van der Waals surface area contributed by atoms with E-state index in [4.69, 9.17) is 4.52 Å². The average molecular weight is 319 g/mol. The van der Waals surface area contributed by atoms with Crippen molar-refractivity contribution in [3.63, 3.8) is 0 Å². The molecule has 2 heterocycles. The summed E-state index contributed by atoms with van der Waals surface area (Å²) in [6.45, 7) is 6.63. The van der Waals surface area contributed by atoms with Gasteiger partial charge in [0, 0.05) is 33.0 Å². The number of hydrogen-bond donors (Lipinski definition) is 0. The molecule has 0 bridgehead atoms. The van der Waals surface area contributed by atoms with Gasteiger partial charge in [-0.05, 0) is 12.5 Å². The second-order valence-corrected chi connectivity index (χ2v) is 6.07. The van der Waals surface area contributed by atoms with Crippen LogP contribution in [0.5, 0.6) is 0 Å². The Morgan fingerprint density at radius 2 is 2.13 bits per heavy atom. The first-order valence-electron chi connectivity index (χ1n) is 8.03. The predicted molar refractivity (Wildman–Crippen MR) is 86.3 cm³/mol. The molecule has 0 N–H and O–H groups in total. The smallest absolute Gasteiger partial charge is 0.271 e. The van der Waals surface area contributed by atoms with Crippen LogP contribution in [0.3, 0.4) is 0 Å². The molecule has 0 saturated carbocycles.